The summed E-state index contributed by atoms with van der Waals surface area (Å²) < 4.78 is 0. The molecule has 0 aromatic heterocycles. The van der Waals surface area contributed by atoms with E-state index in [2.05, 4.69) is 25.2 Å². The van der Waals surface area contributed by atoms with Crippen LogP contribution in [0.25, 0.3) is 0 Å². The highest BCUT2D eigenvalue weighted by Gasteiger charge is 2.26. The smallest absolute Gasteiger partial charge is 0.251 e. The van der Waals surface area contributed by atoms with Gasteiger partial charge in [-0.1, -0.05) is 30.7 Å². The zero-order valence-corrected chi connectivity index (χ0v) is 12.9. The van der Waals surface area contributed by atoms with Gasteiger partial charge in [-0.15, -0.1) is 0 Å². The first kappa shape index (κ1) is 16.2. The van der Waals surface area contributed by atoms with Gasteiger partial charge >= 0.3 is 0 Å². The molecule has 1 fully saturated rings. The van der Waals surface area contributed by atoms with Crippen molar-refractivity contribution >= 4 is 5.91 Å². The molecule has 1 amide bonds. The number of carbonyl (C=O) groups is 1. The zero-order valence-electron chi connectivity index (χ0n) is 12.9. The third kappa shape index (κ3) is 4.68. The molecule has 2 aliphatic rings. The van der Waals surface area contributed by atoms with Crippen LogP contribution in [0.5, 0.6) is 0 Å². The van der Waals surface area contributed by atoms with E-state index < -0.39 is 6.10 Å². The quantitative estimate of drug-likeness (QED) is 0.813. The van der Waals surface area contributed by atoms with Gasteiger partial charge in [0.2, 0.25) is 0 Å². The molecule has 4 heteroatoms. The van der Waals surface area contributed by atoms with Gasteiger partial charge in [0.05, 0.1) is 0 Å². The molecule has 2 atom stereocenters. The first-order chi connectivity index (χ1) is 10.1. The molecule has 2 N–H and O–H groups in total. The predicted molar refractivity (Wildman–Crippen MR) is 82.6 cm³/mol. The van der Waals surface area contributed by atoms with Crippen molar-refractivity contribution in [3.05, 3.63) is 23.8 Å². The van der Waals surface area contributed by atoms with Crippen LogP contribution in [0.1, 0.15) is 39.0 Å². The minimum Gasteiger partial charge on any atom is -0.396 e. The van der Waals surface area contributed by atoms with Gasteiger partial charge < -0.3 is 15.1 Å². The van der Waals surface area contributed by atoms with Crippen molar-refractivity contribution in [2.24, 2.45) is 11.8 Å². The van der Waals surface area contributed by atoms with Crippen LogP contribution < -0.4 is 0 Å². The Morgan fingerprint density at radius 2 is 2.14 bits per heavy atom. The lowest BCUT2D eigenvalue weighted by Crippen LogP contribution is -2.44. The molecule has 0 bridgehead atoms. The molecule has 0 aromatic carbocycles. The second-order valence-corrected chi connectivity index (χ2v) is 6.36. The van der Waals surface area contributed by atoms with Gasteiger partial charge in [0.15, 0.2) is 0 Å². The van der Waals surface area contributed by atoms with Crippen LogP contribution in [0.4, 0.5) is 0 Å². The average Bonchev–Trinajstić information content (AvgIpc) is 2.53. The fraction of sp³-hybridized carbons (Fsp3) is 0.706. The van der Waals surface area contributed by atoms with E-state index in [9.17, 15) is 9.90 Å². The summed E-state index contributed by atoms with van der Waals surface area (Å²) in [6.07, 6.45) is 9.55. The molecule has 1 saturated heterocycles. The van der Waals surface area contributed by atoms with Gasteiger partial charge in [-0.05, 0) is 43.9 Å². The van der Waals surface area contributed by atoms with Gasteiger partial charge in [-0.25, -0.2) is 0 Å². The van der Waals surface area contributed by atoms with Crippen molar-refractivity contribution in [1.82, 2.24) is 4.90 Å². The Morgan fingerprint density at radius 1 is 1.43 bits per heavy atom. The van der Waals surface area contributed by atoms with Crippen LogP contribution in [0.15, 0.2) is 23.8 Å². The molecule has 0 radical (unpaired) electrons. The van der Waals surface area contributed by atoms with Crippen LogP contribution >= 0.6 is 0 Å². The standard InChI is InChI=1S/C17H27NO3/c1-13-2-4-14(5-3-13)6-7-16(20)17(21)18-10-8-15(12-19)9-11-18/h2,4-5,13,15-16,19-20H,3,6-12H2,1H3. The maximum Gasteiger partial charge on any atom is 0.251 e. The fourth-order valence-corrected chi connectivity index (χ4v) is 2.93. The van der Waals surface area contributed by atoms with Crippen LogP contribution in [-0.2, 0) is 4.79 Å². The third-order valence-electron chi connectivity index (χ3n) is 4.57. The topological polar surface area (TPSA) is 60.8 Å². The fourth-order valence-electron chi connectivity index (χ4n) is 2.93. The highest BCUT2D eigenvalue weighted by atomic mass is 16.3. The maximum absolute atomic E-state index is 12.2. The SMILES string of the molecule is CC1C=CC(CCC(O)C(=O)N2CCC(CO)CC2)=CC1. The van der Waals surface area contributed by atoms with Crippen molar-refractivity contribution in [3.63, 3.8) is 0 Å². The second kappa shape index (κ2) is 7.76. The minimum absolute atomic E-state index is 0.153. The highest BCUT2D eigenvalue weighted by Crippen LogP contribution is 2.21. The lowest BCUT2D eigenvalue weighted by Gasteiger charge is -2.32. The highest BCUT2D eigenvalue weighted by molar-refractivity contribution is 5.80. The Kier molecular flexibility index (Phi) is 6.00. The van der Waals surface area contributed by atoms with Gasteiger partial charge in [0, 0.05) is 19.7 Å². The summed E-state index contributed by atoms with van der Waals surface area (Å²) in [5.41, 5.74) is 1.22. The van der Waals surface area contributed by atoms with Crippen molar-refractivity contribution < 1.29 is 15.0 Å². The summed E-state index contributed by atoms with van der Waals surface area (Å²) in [6.45, 7) is 3.68. The Bertz CT molecular complexity index is 408. The Hall–Kier alpha value is -1.13. The normalized spacial score (nSPS) is 24.8. The maximum atomic E-state index is 12.2. The largest absolute Gasteiger partial charge is 0.396 e. The van der Waals surface area contributed by atoms with Crippen LogP contribution in [-0.4, -0.2) is 46.8 Å². The summed E-state index contributed by atoms with van der Waals surface area (Å²) in [5.74, 6) is 0.749. The molecular weight excluding hydrogens is 266 g/mol. The van der Waals surface area contributed by atoms with E-state index >= 15 is 0 Å². The number of nitrogens with zero attached hydrogens (tertiary/aromatic N) is 1. The van der Waals surface area contributed by atoms with E-state index in [4.69, 9.17) is 5.11 Å². The lowest BCUT2D eigenvalue weighted by atomic mass is 9.94. The molecule has 1 heterocycles. The molecule has 0 saturated carbocycles. The summed E-state index contributed by atoms with van der Waals surface area (Å²) in [5, 5.41) is 19.2. The minimum atomic E-state index is -0.899. The number of rotatable bonds is 5. The third-order valence-corrected chi connectivity index (χ3v) is 4.57. The average molecular weight is 293 g/mol. The number of piperidine rings is 1. The van der Waals surface area contributed by atoms with Crippen LogP contribution in [0.2, 0.25) is 0 Å². The summed E-state index contributed by atoms with van der Waals surface area (Å²) >= 11 is 0. The van der Waals surface area contributed by atoms with Crippen molar-refractivity contribution in [1.29, 1.82) is 0 Å². The number of aliphatic hydroxyl groups excluding tert-OH is 2. The van der Waals surface area contributed by atoms with Crippen molar-refractivity contribution in [3.8, 4) is 0 Å². The molecule has 1 aliphatic heterocycles. The number of allylic oxidation sites excluding steroid dienone is 4. The molecule has 0 aromatic rings. The molecule has 2 unspecified atom stereocenters. The van der Waals surface area contributed by atoms with Crippen LogP contribution in [0.3, 0.4) is 0 Å². The summed E-state index contributed by atoms with van der Waals surface area (Å²) in [6, 6.07) is 0. The number of amides is 1. The molecule has 0 spiro atoms. The summed E-state index contributed by atoms with van der Waals surface area (Å²) in [7, 11) is 0. The van der Waals surface area contributed by atoms with Crippen molar-refractivity contribution in [2.75, 3.05) is 19.7 Å². The number of likely N-dealkylation sites (tertiary alicyclic amines) is 1. The van der Waals surface area contributed by atoms with Gasteiger partial charge in [-0.2, -0.15) is 0 Å². The molecule has 118 valence electrons. The molecular formula is C17H27NO3. The second-order valence-electron chi connectivity index (χ2n) is 6.36. The number of aliphatic hydroxyl groups is 2. The van der Waals surface area contributed by atoms with E-state index in [0.29, 0.717) is 31.3 Å². The Balaban J connectivity index is 1.74. The molecule has 1 aliphatic carbocycles. The molecule has 21 heavy (non-hydrogen) atoms. The molecule has 4 nitrogen and oxygen atoms in total. The summed E-state index contributed by atoms with van der Waals surface area (Å²) in [4.78, 5) is 13.9. The first-order valence-corrected chi connectivity index (χ1v) is 8.05. The number of hydrogen-bond acceptors (Lipinski definition) is 3. The van der Waals surface area contributed by atoms with Gasteiger partial charge in [0.25, 0.3) is 5.91 Å². The Labute approximate surface area is 127 Å². The van der Waals surface area contributed by atoms with E-state index in [-0.39, 0.29) is 12.5 Å². The lowest BCUT2D eigenvalue weighted by molar-refractivity contribution is -0.142. The predicted octanol–water partition coefficient (Wildman–Crippen LogP) is 1.88. The van der Waals surface area contributed by atoms with E-state index in [0.717, 1.165) is 25.7 Å². The van der Waals surface area contributed by atoms with Crippen LogP contribution in [0, 0.1) is 11.8 Å². The monoisotopic (exact) mass is 293 g/mol. The first-order valence-electron chi connectivity index (χ1n) is 8.05. The number of hydrogen-bond donors (Lipinski definition) is 2. The zero-order chi connectivity index (χ0) is 15.2. The molecule has 2 rings (SSSR count). The van der Waals surface area contributed by atoms with Gasteiger partial charge in [0.1, 0.15) is 6.10 Å². The van der Waals surface area contributed by atoms with Gasteiger partial charge in [-0.3, -0.25) is 4.79 Å². The number of carbonyl (C=O) groups excluding carboxylic acids is 1. The van der Waals surface area contributed by atoms with E-state index in [1.54, 1.807) is 4.90 Å². The van der Waals surface area contributed by atoms with Crippen molar-refractivity contribution in [2.45, 2.75) is 45.1 Å². The van der Waals surface area contributed by atoms with E-state index in [1.165, 1.54) is 5.57 Å². The Morgan fingerprint density at radius 3 is 2.71 bits per heavy atom. The van der Waals surface area contributed by atoms with E-state index in [1.807, 2.05) is 0 Å².